The van der Waals surface area contributed by atoms with Gasteiger partial charge in [0.1, 0.15) is 23.8 Å². The van der Waals surface area contributed by atoms with Crippen molar-refractivity contribution >= 4 is 23.5 Å². The maximum Gasteiger partial charge on any atom is 0.416 e. The van der Waals surface area contributed by atoms with Gasteiger partial charge in [-0.25, -0.2) is 13.6 Å². The van der Waals surface area contributed by atoms with Crippen LogP contribution in [0.4, 0.5) is 22.0 Å². The highest BCUT2D eigenvalue weighted by Gasteiger charge is 2.41. The first-order valence-corrected chi connectivity index (χ1v) is 14.0. The van der Waals surface area contributed by atoms with Crippen molar-refractivity contribution in [3.8, 4) is 5.75 Å². The lowest BCUT2D eigenvalue weighted by Crippen LogP contribution is -2.41. The van der Waals surface area contributed by atoms with Gasteiger partial charge in [-0.3, -0.25) is 9.69 Å². The van der Waals surface area contributed by atoms with Crippen LogP contribution in [0.5, 0.6) is 5.75 Å². The number of carboxylic acids is 1. The summed E-state index contributed by atoms with van der Waals surface area (Å²) in [6.07, 6.45) is -3.11. The van der Waals surface area contributed by atoms with Crippen molar-refractivity contribution in [2.45, 2.75) is 63.0 Å². The molecule has 1 amide bonds. The van der Waals surface area contributed by atoms with E-state index in [-0.39, 0.29) is 28.8 Å². The second-order valence-corrected chi connectivity index (χ2v) is 11.6. The molecule has 2 aliphatic heterocycles. The molecule has 1 N–H and O–H groups in total. The molecule has 2 atom stereocenters. The first kappa shape index (κ1) is 29.6. The Balaban J connectivity index is 1.20. The monoisotopic (exact) mass is 600 g/mol. The molecule has 0 spiro atoms. The van der Waals surface area contributed by atoms with Gasteiger partial charge in [-0.05, 0) is 86.0 Å². The number of hydrogen-bond donors (Lipinski definition) is 1. The summed E-state index contributed by atoms with van der Waals surface area (Å²) >= 11 is 5.91. The minimum Gasteiger partial charge on any atom is -0.493 e. The molecule has 1 aliphatic carbocycles. The van der Waals surface area contributed by atoms with Gasteiger partial charge in [-0.1, -0.05) is 11.6 Å². The number of aliphatic carboxylic acids is 1. The van der Waals surface area contributed by atoms with Crippen LogP contribution in [0.2, 0.25) is 5.02 Å². The van der Waals surface area contributed by atoms with Crippen LogP contribution in [0, 0.1) is 11.7 Å². The molecule has 2 aromatic carbocycles. The van der Waals surface area contributed by atoms with E-state index in [1.807, 2.05) is 0 Å². The molecule has 5 rings (SSSR count). The molecule has 41 heavy (non-hydrogen) atoms. The zero-order chi connectivity index (χ0) is 29.5. The lowest BCUT2D eigenvalue weighted by Gasteiger charge is -2.32. The number of amides is 1. The van der Waals surface area contributed by atoms with Gasteiger partial charge in [0, 0.05) is 24.1 Å². The lowest BCUT2D eigenvalue weighted by molar-refractivity contribution is -0.141. The Bertz CT molecular complexity index is 1310. The second-order valence-electron chi connectivity index (χ2n) is 11.2. The number of carbonyl (C=O) groups is 2. The summed E-state index contributed by atoms with van der Waals surface area (Å²) in [5.41, 5.74) is 0.104. The van der Waals surface area contributed by atoms with E-state index >= 15 is 4.39 Å². The smallest absolute Gasteiger partial charge is 0.416 e. The van der Waals surface area contributed by atoms with Crippen molar-refractivity contribution in [1.82, 2.24) is 9.80 Å². The van der Waals surface area contributed by atoms with Crippen LogP contribution < -0.4 is 4.74 Å². The third kappa shape index (κ3) is 6.94. The quantitative estimate of drug-likeness (QED) is 0.360. The fourth-order valence-corrected chi connectivity index (χ4v) is 5.91. The summed E-state index contributed by atoms with van der Waals surface area (Å²) < 4.78 is 74.5. The Morgan fingerprint density at radius 3 is 2.39 bits per heavy atom. The molecule has 0 aromatic heterocycles. The van der Waals surface area contributed by atoms with Crippen LogP contribution >= 0.6 is 11.6 Å². The number of benzene rings is 2. The standard InChI is InChI=1S/C29H30ClF5N2O4/c30-20-8-17(7-19(9-20)29(33,34)35)13-36-5-3-16(4-6-36)15-41-26-12-24(32)23(11-22(26)18-1-2-18)27(38)37-14-21(31)10-25(37)28(39)40/h7-9,11-12,16,18,21,25H,1-6,10,13-15H2,(H,39,40)/t21-,25+/m1/s1. The first-order valence-electron chi connectivity index (χ1n) is 13.6. The summed E-state index contributed by atoms with van der Waals surface area (Å²) in [6.45, 7) is 1.55. The lowest BCUT2D eigenvalue weighted by atomic mass is 9.97. The van der Waals surface area contributed by atoms with Crippen molar-refractivity contribution in [3.05, 3.63) is 63.4 Å². The molecule has 12 heteroatoms. The molecule has 3 fully saturated rings. The number of rotatable bonds is 8. The molecule has 3 aliphatic rings. The molecule has 0 unspecified atom stereocenters. The SMILES string of the molecule is O=C(O)[C@@H]1C[C@@H](F)CN1C(=O)c1cc(C2CC2)c(OCC2CCN(Cc3cc(Cl)cc(C(F)(F)F)c3)CC2)cc1F. The van der Waals surface area contributed by atoms with E-state index in [2.05, 4.69) is 4.90 Å². The molecular weight excluding hydrogens is 571 g/mol. The number of nitrogens with zero attached hydrogens (tertiary/aromatic N) is 2. The Kier molecular flexibility index (Phi) is 8.48. The molecule has 2 heterocycles. The summed E-state index contributed by atoms with van der Waals surface area (Å²) in [7, 11) is 0. The average Bonchev–Trinajstić information content (AvgIpc) is 3.67. The number of hydrogen-bond acceptors (Lipinski definition) is 4. The number of carbonyl (C=O) groups excluding carboxylic acids is 1. The predicted molar refractivity (Wildman–Crippen MR) is 140 cm³/mol. The van der Waals surface area contributed by atoms with E-state index in [1.165, 1.54) is 12.1 Å². The number of likely N-dealkylation sites (tertiary alicyclic amines) is 2. The first-order chi connectivity index (χ1) is 19.4. The van der Waals surface area contributed by atoms with Gasteiger partial charge >= 0.3 is 12.1 Å². The zero-order valence-corrected chi connectivity index (χ0v) is 22.9. The highest BCUT2D eigenvalue weighted by molar-refractivity contribution is 6.30. The van der Waals surface area contributed by atoms with E-state index < -0.39 is 48.2 Å². The predicted octanol–water partition coefficient (Wildman–Crippen LogP) is 6.30. The largest absolute Gasteiger partial charge is 0.493 e. The van der Waals surface area contributed by atoms with E-state index in [0.717, 1.165) is 48.8 Å². The fourth-order valence-electron chi connectivity index (χ4n) is 5.65. The van der Waals surface area contributed by atoms with E-state index in [1.54, 1.807) is 0 Å². The summed E-state index contributed by atoms with van der Waals surface area (Å²) in [4.78, 5) is 27.5. The van der Waals surface area contributed by atoms with Crippen LogP contribution in [0.25, 0.3) is 0 Å². The minimum absolute atomic E-state index is 0.0401. The molecule has 222 valence electrons. The summed E-state index contributed by atoms with van der Waals surface area (Å²) in [5, 5.41) is 9.42. The van der Waals surface area contributed by atoms with E-state index in [9.17, 15) is 32.3 Å². The number of halogens is 6. The van der Waals surface area contributed by atoms with Gasteiger partial charge in [-0.2, -0.15) is 13.2 Å². The van der Waals surface area contributed by atoms with Gasteiger partial charge in [0.15, 0.2) is 0 Å². The fraction of sp³-hybridized carbons (Fsp3) is 0.517. The molecular formula is C29H30ClF5N2O4. The van der Waals surface area contributed by atoms with Crippen LogP contribution in [-0.4, -0.2) is 65.2 Å². The highest BCUT2D eigenvalue weighted by atomic mass is 35.5. The number of carboxylic acid groups (broad SMARTS) is 1. The molecule has 2 aromatic rings. The Morgan fingerprint density at radius 2 is 1.76 bits per heavy atom. The second kappa shape index (κ2) is 11.8. The van der Waals surface area contributed by atoms with Crippen molar-refractivity contribution in [2.75, 3.05) is 26.2 Å². The normalized spacial score (nSPS) is 22.2. The van der Waals surface area contributed by atoms with Crippen LogP contribution in [0.1, 0.15) is 65.1 Å². The molecule has 2 saturated heterocycles. The number of ether oxygens (including phenoxy) is 1. The van der Waals surface area contributed by atoms with Gasteiger partial charge in [0.2, 0.25) is 0 Å². The average molecular weight is 601 g/mol. The summed E-state index contributed by atoms with van der Waals surface area (Å²) in [5.74, 6) is -2.45. The third-order valence-corrected chi connectivity index (χ3v) is 8.23. The van der Waals surface area contributed by atoms with Gasteiger partial charge in [0.25, 0.3) is 5.91 Å². The van der Waals surface area contributed by atoms with Crippen LogP contribution in [-0.2, 0) is 17.5 Å². The van der Waals surface area contributed by atoms with Gasteiger partial charge < -0.3 is 14.7 Å². The zero-order valence-electron chi connectivity index (χ0n) is 22.1. The van der Waals surface area contributed by atoms with Gasteiger partial charge in [0.05, 0.1) is 24.3 Å². The number of alkyl halides is 4. The minimum atomic E-state index is -4.47. The highest BCUT2D eigenvalue weighted by Crippen LogP contribution is 2.45. The summed E-state index contributed by atoms with van der Waals surface area (Å²) in [6, 6.07) is 4.80. The van der Waals surface area contributed by atoms with Crippen molar-refractivity contribution in [1.29, 1.82) is 0 Å². The van der Waals surface area contributed by atoms with E-state index in [4.69, 9.17) is 16.3 Å². The Morgan fingerprint density at radius 1 is 1.05 bits per heavy atom. The van der Waals surface area contributed by atoms with Crippen molar-refractivity contribution < 1.29 is 41.4 Å². The maximum absolute atomic E-state index is 15.1. The van der Waals surface area contributed by atoms with E-state index in [0.29, 0.717) is 43.1 Å². The Labute approximate surface area is 239 Å². The van der Waals surface area contributed by atoms with Crippen LogP contribution in [0.3, 0.4) is 0 Å². The molecule has 0 radical (unpaired) electrons. The van der Waals surface area contributed by atoms with Crippen molar-refractivity contribution in [3.63, 3.8) is 0 Å². The third-order valence-electron chi connectivity index (χ3n) is 8.02. The van der Waals surface area contributed by atoms with Crippen molar-refractivity contribution in [2.24, 2.45) is 5.92 Å². The Hall–Kier alpha value is -2.92. The number of piperidine rings is 1. The molecule has 0 bridgehead atoms. The van der Waals surface area contributed by atoms with Crippen LogP contribution in [0.15, 0.2) is 30.3 Å². The topological polar surface area (TPSA) is 70.1 Å². The maximum atomic E-state index is 15.1. The van der Waals surface area contributed by atoms with Gasteiger partial charge in [-0.15, -0.1) is 0 Å². The molecule has 6 nitrogen and oxygen atoms in total. The molecule has 1 saturated carbocycles.